The summed E-state index contributed by atoms with van der Waals surface area (Å²) in [5.41, 5.74) is 3.36. The van der Waals surface area contributed by atoms with Gasteiger partial charge in [-0.15, -0.1) is 0 Å². The van der Waals surface area contributed by atoms with E-state index in [4.69, 9.17) is 21.7 Å². The summed E-state index contributed by atoms with van der Waals surface area (Å²) in [6.07, 6.45) is 1.71. The Kier molecular flexibility index (Phi) is 4.78. The molecular weight excluding hydrogens is 404 g/mol. The van der Waals surface area contributed by atoms with Gasteiger partial charge >= 0.3 is 0 Å². The van der Waals surface area contributed by atoms with Crippen molar-refractivity contribution in [2.75, 3.05) is 6.61 Å². The van der Waals surface area contributed by atoms with Gasteiger partial charge < -0.3 is 14.6 Å². The number of hydrogen-bond donors (Lipinski definition) is 1. The molecular formula is C27H26O3S. The van der Waals surface area contributed by atoms with Crippen LogP contribution in [-0.4, -0.2) is 16.6 Å². The third-order valence-corrected chi connectivity index (χ3v) is 6.60. The molecule has 2 aliphatic rings. The first-order valence-electron chi connectivity index (χ1n) is 10.8. The Labute approximate surface area is 188 Å². The molecule has 1 aliphatic carbocycles. The summed E-state index contributed by atoms with van der Waals surface area (Å²) in [6.45, 7) is 6.89. The van der Waals surface area contributed by atoms with Crippen LogP contribution in [0.5, 0.6) is 17.2 Å². The maximum Gasteiger partial charge on any atom is 0.161 e. The Hall–Kier alpha value is -2.85. The van der Waals surface area contributed by atoms with E-state index in [9.17, 15) is 5.11 Å². The molecule has 0 saturated heterocycles. The highest BCUT2D eigenvalue weighted by molar-refractivity contribution is 7.80. The molecule has 31 heavy (non-hydrogen) atoms. The summed E-state index contributed by atoms with van der Waals surface area (Å²) < 4.78 is 12.2. The molecule has 4 heteroatoms. The molecule has 5 rings (SSSR count). The van der Waals surface area contributed by atoms with Crippen LogP contribution >= 0.6 is 12.2 Å². The molecule has 158 valence electrons. The minimum absolute atomic E-state index is 0.0618. The number of rotatable bonds is 3. The van der Waals surface area contributed by atoms with Gasteiger partial charge in [-0.25, -0.2) is 0 Å². The lowest BCUT2D eigenvalue weighted by Crippen LogP contribution is -2.32. The highest BCUT2D eigenvalue weighted by Gasteiger charge is 2.41. The van der Waals surface area contributed by atoms with E-state index in [1.54, 1.807) is 6.07 Å². The predicted octanol–water partition coefficient (Wildman–Crippen LogP) is 6.91. The lowest BCUT2D eigenvalue weighted by atomic mass is 9.70. The van der Waals surface area contributed by atoms with Crippen molar-refractivity contribution < 1.29 is 14.6 Å². The number of allylic oxidation sites excluding steroid dienone is 2. The average molecular weight is 431 g/mol. The number of phenolic OH excluding ortho intramolecular Hbond substituents is 1. The molecule has 3 nitrogen and oxygen atoms in total. The minimum atomic E-state index is -0.0618. The SMILES string of the molecule is CCOc1cc(C2C3=C(CC(C)(C)CC3=S)Oc3ccc4ccccc4c32)ccc1O. The van der Waals surface area contributed by atoms with Crippen LogP contribution in [0.15, 0.2) is 65.9 Å². The lowest BCUT2D eigenvalue weighted by Gasteiger charge is -2.40. The molecule has 0 aromatic heterocycles. The molecule has 0 bridgehead atoms. The Bertz CT molecular complexity index is 1240. The van der Waals surface area contributed by atoms with Crippen LogP contribution in [0.4, 0.5) is 0 Å². The predicted molar refractivity (Wildman–Crippen MR) is 128 cm³/mol. The molecule has 1 aliphatic heterocycles. The first-order chi connectivity index (χ1) is 14.9. The van der Waals surface area contributed by atoms with E-state index in [1.807, 2.05) is 19.1 Å². The Morgan fingerprint density at radius 2 is 1.90 bits per heavy atom. The van der Waals surface area contributed by atoms with Crippen molar-refractivity contribution in [3.8, 4) is 17.2 Å². The highest BCUT2D eigenvalue weighted by atomic mass is 32.1. The van der Waals surface area contributed by atoms with Gasteiger partial charge in [0.15, 0.2) is 11.5 Å². The van der Waals surface area contributed by atoms with Gasteiger partial charge in [0.1, 0.15) is 11.5 Å². The van der Waals surface area contributed by atoms with Crippen molar-refractivity contribution >= 4 is 27.9 Å². The first-order valence-corrected chi connectivity index (χ1v) is 11.2. The number of benzene rings is 3. The maximum atomic E-state index is 10.3. The van der Waals surface area contributed by atoms with Crippen LogP contribution in [-0.2, 0) is 0 Å². The molecule has 1 heterocycles. The number of phenols is 1. The molecule has 0 amide bonds. The normalized spacial score (nSPS) is 19.6. The largest absolute Gasteiger partial charge is 0.504 e. The van der Waals surface area contributed by atoms with Crippen molar-refractivity contribution in [1.82, 2.24) is 0 Å². The third kappa shape index (κ3) is 3.39. The van der Waals surface area contributed by atoms with E-state index in [1.165, 1.54) is 5.39 Å². The highest BCUT2D eigenvalue weighted by Crippen LogP contribution is 2.52. The van der Waals surface area contributed by atoms with Crippen LogP contribution < -0.4 is 9.47 Å². The summed E-state index contributed by atoms with van der Waals surface area (Å²) >= 11 is 5.97. The standard InChI is InChI=1S/C27H26O3S/c1-4-29-21-13-17(9-11-19(21)28)24-25-18-8-6-5-7-16(18)10-12-20(25)30-22-14-27(2,3)15-23(31)26(22)24/h5-13,24,28H,4,14-15H2,1-3H3. The summed E-state index contributed by atoms with van der Waals surface area (Å²) in [5.74, 6) is 2.44. The second-order valence-electron chi connectivity index (χ2n) is 9.17. The number of fused-ring (bicyclic) bond motifs is 3. The van der Waals surface area contributed by atoms with E-state index in [0.29, 0.717) is 12.4 Å². The summed E-state index contributed by atoms with van der Waals surface area (Å²) in [7, 11) is 0. The van der Waals surface area contributed by atoms with Crippen molar-refractivity contribution in [2.45, 2.75) is 39.5 Å². The van der Waals surface area contributed by atoms with Gasteiger partial charge in [0.05, 0.1) is 6.61 Å². The van der Waals surface area contributed by atoms with E-state index < -0.39 is 0 Å². The quantitative estimate of drug-likeness (QED) is 0.458. The van der Waals surface area contributed by atoms with Gasteiger partial charge in [-0.1, -0.05) is 62.5 Å². The zero-order chi connectivity index (χ0) is 21.8. The molecule has 3 aromatic carbocycles. The van der Waals surface area contributed by atoms with E-state index >= 15 is 0 Å². The zero-order valence-corrected chi connectivity index (χ0v) is 18.9. The number of aromatic hydroxyl groups is 1. The monoisotopic (exact) mass is 430 g/mol. The van der Waals surface area contributed by atoms with Gasteiger partial charge in [-0.3, -0.25) is 0 Å². The molecule has 0 spiro atoms. The summed E-state index contributed by atoms with van der Waals surface area (Å²) in [4.78, 5) is 0.959. The zero-order valence-electron chi connectivity index (χ0n) is 18.1. The molecule has 0 saturated carbocycles. The van der Waals surface area contributed by atoms with Crippen molar-refractivity contribution in [1.29, 1.82) is 0 Å². The average Bonchev–Trinajstić information content (AvgIpc) is 2.73. The van der Waals surface area contributed by atoms with Crippen LogP contribution in [0.25, 0.3) is 10.8 Å². The maximum absolute atomic E-state index is 10.3. The summed E-state index contributed by atoms with van der Waals surface area (Å²) in [6, 6.07) is 18.2. The molecule has 3 aromatic rings. The molecule has 1 atom stereocenters. The second kappa shape index (κ2) is 7.38. The Morgan fingerprint density at radius 3 is 2.71 bits per heavy atom. The number of hydrogen-bond acceptors (Lipinski definition) is 4. The molecule has 1 N–H and O–H groups in total. The van der Waals surface area contributed by atoms with Crippen LogP contribution in [0, 0.1) is 5.41 Å². The van der Waals surface area contributed by atoms with Crippen LogP contribution in [0.2, 0.25) is 0 Å². The Balaban J connectivity index is 1.79. The minimum Gasteiger partial charge on any atom is -0.504 e. The second-order valence-corrected chi connectivity index (χ2v) is 9.66. The van der Waals surface area contributed by atoms with E-state index in [0.717, 1.165) is 51.3 Å². The fraction of sp³-hybridized carbons (Fsp3) is 0.296. The van der Waals surface area contributed by atoms with Crippen molar-refractivity contribution in [3.63, 3.8) is 0 Å². The van der Waals surface area contributed by atoms with E-state index in [-0.39, 0.29) is 17.1 Å². The molecule has 0 radical (unpaired) electrons. The van der Waals surface area contributed by atoms with Gasteiger partial charge in [-0.2, -0.15) is 0 Å². The number of ether oxygens (including phenoxy) is 2. The van der Waals surface area contributed by atoms with Crippen LogP contribution in [0.3, 0.4) is 0 Å². The van der Waals surface area contributed by atoms with Crippen LogP contribution in [0.1, 0.15) is 50.7 Å². The van der Waals surface area contributed by atoms with Gasteiger partial charge in [0.2, 0.25) is 0 Å². The summed E-state index contributed by atoms with van der Waals surface area (Å²) in [5, 5.41) is 12.6. The van der Waals surface area contributed by atoms with E-state index in [2.05, 4.69) is 50.2 Å². The van der Waals surface area contributed by atoms with Crippen molar-refractivity contribution in [2.24, 2.45) is 5.41 Å². The van der Waals surface area contributed by atoms with Gasteiger partial charge in [-0.05, 0) is 53.3 Å². The molecule has 1 unspecified atom stereocenters. The first kappa shape index (κ1) is 20.1. The fourth-order valence-electron chi connectivity index (χ4n) is 4.94. The number of thiocarbonyl (C=S) groups is 1. The topological polar surface area (TPSA) is 38.7 Å². The fourth-order valence-corrected chi connectivity index (χ4v) is 5.57. The third-order valence-electron chi connectivity index (χ3n) is 6.24. The smallest absolute Gasteiger partial charge is 0.161 e. The van der Waals surface area contributed by atoms with Crippen molar-refractivity contribution in [3.05, 3.63) is 77.1 Å². The lowest BCUT2D eigenvalue weighted by molar-refractivity contribution is 0.280. The van der Waals surface area contributed by atoms with Gasteiger partial charge in [0, 0.05) is 28.3 Å². The molecule has 0 fully saturated rings. The Morgan fingerprint density at radius 1 is 1.10 bits per heavy atom. The van der Waals surface area contributed by atoms with Gasteiger partial charge in [0.25, 0.3) is 0 Å².